The van der Waals surface area contributed by atoms with E-state index in [1.54, 1.807) is 12.1 Å². The molecule has 0 spiro atoms. The average Bonchev–Trinajstić information content (AvgIpc) is 3.13. The maximum Gasteiger partial charge on any atom is 0.267 e. The van der Waals surface area contributed by atoms with Crippen LogP contribution in [0.25, 0.3) is 11.3 Å². The molecule has 1 N–H and O–H groups in total. The molecule has 2 aromatic heterocycles. The summed E-state index contributed by atoms with van der Waals surface area (Å²) in [5.74, 6) is 0.625. The summed E-state index contributed by atoms with van der Waals surface area (Å²) in [5.41, 5.74) is 1.84. The van der Waals surface area contributed by atoms with Crippen LogP contribution >= 0.6 is 34.3 Å². The van der Waals surface area contributed by atoms with Crippen LogP contribution in [0.15, 0.2) is 36.4 Å². The van der Waals surface area contributed by atoms with Crippen LogP contribution in [-0.2, 0) is 6.61 Å². The van der Waals surface area contributed by atoms with Crippen molar-refractivity contribution < 1.29 is 9.53 Å². The lowest BCUT2D eigenvalue weighted by Crippen LogP contribution is -2.09. The normalized spacial score (nSPS) is 12.2. The van der Waals surface area contributed by atoms with Gasteiger partial charge in [-0.2, -0.15) is 0 Å². The van der Waals surface area contributed by atoms with Gasteiger partial charge in [0.15, 0.2) is 5.13 Å². The van der Waals surface area contributed by atoms with Crippen LogP contribution in [0.5, 0.6) is 5.75 Å². The Kier molecular flexibility index (Phi) is 3.37. The number of hydrogen-bond acceptors (Lipinski definition) is 5. The second kappa shape index (κ2) is 5.39. The summed E-state index contributed by atoms with van der Waals surface area (Å²) in [7, 11) is 0. The molecule has 0 unspecified atom stereocenters. The maximum atomic E-state index is 12.2. The van der Waals surface area contributed by atoms with Crippen molar-refractivity contribution in [2.45, 2.75) is 6.61 Å². The van der Waals surface area contributed by atoms with Gasteiger partial charge >= 0.3 is 0 Å². The van der Waals surface area contributed by atoms with E-state index in [4.69, 9.17) is 16.3 Å². The Morgan fingerprint density at radius 2 is 2.09 bits per heavy atom. The van der Waals surface area contributed by atoms with E-state index >= 15 is 0 Å². The van der Waals surface area contributed by atoms with E-state index in [9.17, 15) is 4.79 Å². The Bertz CT molecular complexity index is 872. The second-order valence-corrected chi connectivity index (χ2v) is 7.43. The quantitative estimate of drug-likeness (QED) is 0.732. The second-order valence-electron chi connectivity index (χ2n) is 4.63. The standard InChI is InChI=1S/C15H9ClN2O2S2/c16-12-6-5-10(21-12)14(19)18-15-17-13-8-3-1-2-4-9(8)20-7-11(13)22-15/h1-6H,7H2,(H,17,18,19). The number of anilines is 1. The van der Waals surface area contributed by atoms with Crippen molar-refractivity contribution in [2.24, 2.45) is 0 Å². The van der Waals surface area contributed by atoms with Crippen molar-refractivity contribution in [3.63, 3.8) is 0 Å². The Morgan fingerprint density at radius 1 is 1.23 bits per heavy atom. The van der Waals surface area contributed by atoms with Crippen LogP contribution in [0.1, 0.15) is 14.5 Å². The number of thiophene rings is 1. The molecule has 0 saturated heterocycles. The molecule has 1 amide bonds. The smallest absolute Gasteiger partial charge is 0.267 e. The van der Waals surface area contributed by atoms with E-state index in [-0.39, 0.29) is 5.91 Å². The molecule has 4 rings (SSSR count). The number of ether oxygens (including phenoxy) is 1. The molecule has 0 radical (unpaired) electrons. The summed E-state index contributed by atoms with van der Waals surface area (Å²) in [6.07, 6.45) is 0. The molecule has 0 aliphatic carbocycles. The topological polar surface area (TPSA) is 51.2 Å². The number of fused-ring (bicyclic) bond motifs is 3. The number of carbonyl (C=O) groups excluding carboxylic acids is 1. The molecule has 4 nitrogen and oxygen atoms in total. The van der Waals surface area contributed by atoms with Crippen molar-refractivity contribution in [2.75, 3.05) is 5.32 Å². The summed E-state index contributed by atoms with van der Waals surface area (Å²) in [6.45, 7) is 0.477. The number of amides is 1. The molecule has 0 atom stereocenters. The minimum absolute atomic E-state index is 0.197. The predicted octanol–water partition coefficient (Wildman–Crippen LogP) is 4.67. The zero-order valence-corrected chi connectivity index (χ0v) is 13.5. The van der Waals surface area contributed by atoms with Crippen molar-refractivity contribution in [1.82, 2.24) is 4.98 Å². The first-order valence-electron chi connectivity index (χ1n) is 6.49. The monoisotopic (exact) mass is 348 g/mol. The van der Waals surface area contributed by atoms with Crippen LogP contribution in [0.2, 0.25) is 4.34 Å². The predicted molar refractivity (Wildman–Crippen MR) is 89.2 cm³/mol. The van der Waals surface area contributed by atoms with Crippen LogP contribution in [0, 0.1) is 0 Å². The SMILES string of the molecule is O=C(Nc1nc2c(s1)COc1ccccc1-2)c1ccc(Cl)s1. The molecule has 110 valence electrons. The highest BCUT2D eigenvalue weighted by Crippen LogP contribution is 2.40. The Labute approximate surface area is 139 Å². The molecule has 1 aliphatic rings. The molecule has 0 bridgehead atoms. The van der Waals surface area contributed by atoms with E-state index in [2.05, 4.69) is 10.3 Å². The summed E-state index contributed by atoms with van der Waals surface area (Å²) in [6, 6.07) is 11.2. The molecule has 7 heteroatoms. The largest absolute Gasteiger partial charge is 0.487 e. The summed E-state index contributed by atoms with van der Waals surface area (Å²) in [4.78, 5) is 18.3. The third-order valence-electron chi connectivity index (χ3n) is 3.22. The van der Waals surface area contributed by atoms with Gasteiger partial charge in [0.25, 0.3) is 5.91 Å². The minimum Gasteiger partial charge on any atom is -0.487 e. The fraction of sp³-hybridized carbons (Fsp3) is 0.0667. The number of halogens is 1. The Hall–Kier alpha value is -1.89. The van der Waals surface area contributed by atoms with Crippen molar-refractivity contribution in [3.05, 3.63) is 50.5 Å². The lowest BCUT2D eigenvalue weighted by atomic mass is 10.1. The van der Waals surface area contributed by atoms with E-state index in [0.29, 0.717) is 21.0 Å². The lowest BCUT2D eigenvalue weighted by Gasteiger charge is -2.15. The lowest BCUT2D eigenvalue weighted by molar-refractivity contribution is 0.103. The van der Waals surface area contributed by atoms with E-state index < -0.39 is 0 Å². The molecular formula is C15H9ClN2O2S2. The summed E-state index contributed by atoms with van der Waals surface area (Å²) >= 11 is 8.53. The van der Waals surface area contributed by atoms with Gasteiger partial charge in [-0.15, -0.1) is 11.3 Å². The summed E-state index contributed by atoms with van der Waals surface area (Å²) < 4.78 is 6.29. The number of carbonyl (C=O) groups is 1. The van der Waals surface area contributed by atoms with Gasteiger partial charge < -0.3 is 4.74 Å². The number of benzene rings is 1. The molecule has 1 aromatic carbocycles. The Morgan fingerprint density at radius 3 is 2.91 bits per heavy atom. The number of nitrogens with one attached hydrogen (secondary N) is 1. The third kappa shape index (κ3) is 2.39. The number of nitrogens with zero attached hydrogens (tertiary/aromatic N) is 1. The first-order valence-corrected chi connectivity index (χ1v) is 8.50. The molecular weight excluding hydrogens is 340 g/mol. The van der Waals surface area contributed by atoms with Gasteiger partial charge in [0.2, 0.25) is 0 Å². The first-order chi connectivity index (χ1) is 10.7. The highest BCUT2D eigenvalue weighted by molar-refractivity contribution is 7.18. The van der Waals surface area contributed by atoms with Crippen molar-refractivity contribution in [3.8, 4) is 17.0 Å². The van der Waals surface area contributed by atoms with Gasteiger partial charge in [0, 0.05) is 5.56 Å². The van der Waals surface area contributed by atoms with Crippen LogP contribution in [0.4, 0.5) is 5.13 Å². The highest BCUT2D eigenvalue weighted by atomic mass is 35.5. The van der Waals surface area contributed by atoms with Gasteiger partial charge in [-0.25, -0.2) is 4.98 Å². The van der Waals surface area contributed by atoms with Gasteiger partial charge in [-0.3, -0.25) is 10.1 Å². The number of aromatic nitrogens is 1. The van der Waals surface area contributed by atoms with E-state index in [1.807, 2.05) is 24.3 Å². The number of hydrogen-bond donors (Lipinski definition) is 1. The number of thiazole rings is 1. The van der Waals surface area contributed by atoms with Gasteiger partial charge in [-0.05, 0) is 24.3 Å². The summed E-state index contributed by atoms with van der Waals surface area (Å²) in [5, 5.41) is 3.39. The van der Waals surface area contributed by atoms with Crippen molar-refractivity contribution >= 4 is 45.3 Å². The molecule has 22 heavy (non-hydrogen) atoms. The van der Waals surface area contributed by atoms with Crippen molar-refractivity contribution in [1.29, 1.82) is 0 Å². The minimum atomic E-state index is -0.197. The molecule has 0 saturated carbocycles. The molecule has 0 fully saturated rings. The molecule has 3 heterocycles. The van der Waals surface area contributed by atoms with Gasteiger partial charge in [-0.1, -0.05) is 35.1 Å². The zero-order chi connectivity index (χ0) is 15.1. The maximum absolute atomic E-state index is 12.2. The van der Waals surface area contributed by atoms with E-state index in [0.717, 1.165) is 21.9 Å². The van der Waals surface area contributed by atoms with Crippen LogP contribution in [0.3, 0.4) is 0 Å². The fourth-order valence-corrected chi connectivity index (χ4v) is 4.06. The third-order valence-corrected chi connectivity index (χ3v) is 5.39. The van der Waals surface area contributed by atoms with E-state index in [1.165, 1.54) is 22.7 Å². The van der Waals surface area contributed by atoms with Crippen LogP contribution < -0.4 is 10.1 Å². The highest BCUT2D eigenvalue weighted by Gasteiger charge is 2.22. The Balaban J connectivity index is 1.64. The first kappa shape index (κ1) is 13.8. The number of para-hydroxylation sites is 1. The average molecular weight is 349 g/mol. The number of rotatable bonds is 2. The van der Waals surface area contributed by atoms with Crippen LogP contribution in [-0.4, -0.2) is 10.9 Å². The fourth-order valence-electron chi connectivity index (χ4n) is 2.24. The zero-order valence-electron chi connectivity index (χ0n) is 11.1. The molecule has 1 aliphatic heterocycles. The van der Waals surface area contributed by atoms with Gasteiger partial charge in [0.1, 0.15) is 12.4 Å². The van der Waals surface area contributed by atoms with Gasteiger partial charge in [0.05, 0.1) is 19.8 Å². The molecule has 3 aromatic rings.